The first kappa shape index (κ1) is 24.2. The lowest BCUT2D eigenvalue weighted by Crippen LogP contribution is -2.55. The van der Waals surface area contributed by atoms with Crippen LogP contribution in [0.5, 0.6) is 0 Å². The second kappa shape index (κ2) is 9.80. The van der Waals surface area contributed by atoms with Gasteiger partial charge >= 0.3 is 6.09 Å². The van der Waals surface area contributed by atoms with Crippen LogP contribution in [-0.4, -0.2) is 81.3 Å². The van der Waals surface area contributed by atoms with E-state index in [1.54, 1.807) is 25.2 Å². The molecule has 0 saturated carbocycles. The van der Waals surface area contributed by atoms with E-state index in [-0.39, 0.29) is 29.3 Å². The SMILES string of the molecule is CCC1CC(=O)/C(=C/N(C)C)C(COC(=O)N(C)C)N1S(=O)(=O)c1ccc(Cl)cc1. The molecule has 0 bridgehead atoms. The normalized spacial score (nSPS) is 21.5. The summed E-state index contributed by atoms with van der Waals surface area (Å²) in [5.41, 5.74) is 0.286. The van der Waals surface area contributed by atoms with Gasteiger partial charge in [0, 0.05) is 57.4 Å². The Labute approximate surface area is 183 Å². The second-order valence-corrected chi connectivity index (χ2v) is 9.79. The van der Waals surface area contributed by atoms with Gasteiger partial charge in [-0.2, -0.15) is 4.31 Å². The summed E-state index contributed by atoms with van der Waals surface area (Å²) in [6, 6.07) is 4.37. The van der Waals surface area contributed by atoms with Crippen LogP contribution in [0.1, 0.15) is 19.8 Å². The molecule has 1 aromatic rings. The molecular weight excluding hydrogens is 430 g/mol. The third-order valence-corrected chi connectivity index (χ3v) is 6.98. The highest BCUT2D eigenvalue weighted by Crippen LogP contribution is 2.33. The van der Waals surface area contributed by atoms with Crippen LogP contribution in [0.25, 0.3) is 0 Å². The minimum absolute atomic E-state index is 0.0567. The highest BCUT2D eigenvalue weighted by molar-refractivity contribution is 7.89. The van der Waals surface area contributed by atoms with Crippen molar-refractivity contribution in [1.82, 2.24) is 14.1 Å². The smallest absolute Gasteiger partial charge is 0.409 e. The van der Waals surface area contributed by atoms with Gasteiger partial charge in [0.1, 0.15) is 6.61 Å². The Kier molecular flexibility index (Phi) is 7.90. The van der Waals surface area contributed by atoms with Crippen LogP contribution in [0.15, 0.2) is 40.9 Å². The molecule has 2 unspecified atom stereocenters. The summed E-state index contributed by atoms with van der Waals surface area (Å²) in [7, 11) is 2.55. The van der Waals surface area contributed by atoms with Gasteiger partial charge in [0.25, 0.3) is 0 Å². The fourth-order valence-corrected chi connectivity index (χ4v) is 5.27. The molecule has 30 heavy (non-hydrogen) atoms. The molecule has 8 nitrogen and oxygen atoms in total. The Morgan fingerprint density at radius 2 is 1.83 bits per heavy atom. The van der Waals surface area contributed by atoms with Crippen molar-refractivity contribution in [3.63, 3.8) is 0 Å². The Hall–Kier alpha value is -2.10. The third-order valence-electron chi connectivity index (χ3n) is 4.76. The molecule has 1 aliphatic heterocycles. The molecule has 166 valence electrons. The van der Waals surface area contributed by atoms with Crippen molar-refractivity contribution in [3.8, 4) is 0 Å². The lowest BCUT2D eigenvalue weighted by Gasteiger charge is -2.41. The van der Waals surface area contributed by atoms with Crippen LogP contribution in [-0.2, 0) is 19.6 Å². The van der Waals surface area contributed by atoms with Crippen LogP contribution >= 0.6 is 11.6 Å². The van der Waals surface area contributed by atoms with Gasteiger partial charge in [-0.1, -0.05) is 18.5 Å². The molecular formula is C20H28ClN3O5S. The Balaban J connectivity index is 2.57. The van der Waals surface area contributed by atoms with Gasteiger partial charge in [0.05, 0.1) is 10.9 Å². The van der Waals surface area contributed by atoms with E-state index in [9.17, 15) is 18.0 Å². The summed E-state index contributed by atoms with van der Waals surface area (Å²) >= 11 is 5.92. The number of carbonyl (C=O) groups is 2. The molecule has 1 amide bonds. The molecule has 1 saturated heterocycles. The van der Waals surface area contributed by atoms with Crippen molar-refractivity contribution in [2.45, 2.75) is 36.7 Å². The topological polar surface area (TPSA) is 87.2 Å². The van der Waals surface area contributed by atoms with Gasteiger partial charge in [0.2, 0.25) is 10.0 Å². The van der Waals surface area contributed by atoms with Gasteiger partial charge in [-0.05, 0) is 30.7 Å². The van der Waals surface area contributed by atoms with E-state index in [1.165, 1.54) is 47.6 Å². The number of sulfonamides is 1. The quantitative estimate of drug-likeness (QED) is 0.610. The van der Waals surface area contributed by atoms with Crippen LogP contribution in [0.4, 0.5) is 4.79 Å². The number of benzene rings is 1. The van der Waals surface area contributed by atoms with Crippen molar-refractivity contribution < 1.29 is 22.7 Å². The van der Waals surface area contributed by atoms with E-state index in [0.29, 0.717) is 11.4 Å². The second-order valence-electron chi connectivity index (χ2n) is 7.51. The zero-order valence-electron chi connectivity index (χ0n) is 17.8. The number of carbonyl (C=O) groups excluding carboxylic acids is 2. The van der Waals surface area contributed by atoms with Crippen LogP contribution < -0.4 is 0 Å². The highest BCUT2D eigenvalue weighted by Gasteiger charge is 2.45. The van der Waals surface area contributed by atoms with E-state index in [0.717, 1.165) is 0 Å². The maximum Gasteiger partial charge on any atom is 0.409 e. The Morgan fingerprint density at radius 3 is 2.33 bits per heavy atom. The first-order chi connectivity index (χ1) is 14.0. The maximum atomic E-state index is 13.6. The van der Waals surface area contributed by atoms with Crippen LogP contribution in [0, 0.1) is 0 Å². The van der Waals surface area contributed by atoms with E-state index < -0.39 is 28.2 Å². The molecule has 0 spiro atoms. The first-order valence-corrected chi connectivity index (χ1v) is 11.3. The number of hydrogen-bond acceptors (Lipinski definition) is 6. The summed E-state index contributed by atoms with van der Waals surface area (Å²) < 4.78 is 33.8. The monoisotopic (exact) mass is 457 g/mol. The van der Waals surface area contributed by atoms with Gasteiger partial charge in [-0.25, -0.2) is 13.2 Å². The number of ether oxygens (including phenoxy) is 1. The number of ketones is 1. The molecule has 0 radical (unpaired) electrons. The molecule has 0 aliphatic carbocycles. The van der Waals surface area contributed by atoms with Crippen molar-refractivity contribution >= 4 is 33.5 Å². The third kappa shape index (κ3) is 5.33. The van der Waals surface area contributed by atoms with Gasteiger partial charge in [0.15, 0.2) is 5.78 Å². The van der Waals surface area contributed by atoms with Gasteiger partial charge in [-0.3, -0.25) is 4.79 Å². The molecule has 0 aromatic heterocycles. The van der Waals surface area contributed by atoms with Crippen LogP contribution in [0.3, 0.4) is 0 Å². The average Bonchev–Trinajstić information content (AvgIpc) is 2.67. The van der Waals surface area contributed by atoms with E-state index in [4.69, 9.17) is 16.3 Å². The summed E-state index contributed by atoms with van der Waals surface area (Å²) in [5, 5.41) is 0.416. The minimum Gasteiger partial charge on any atom is -0.447 e. The maximum absolute atomic E-state index is 13.6. The number of nitrogens with zero attached hydrogens (tertiary/aromatic N) is 3. The Morgan fingerprint density at radius 1 is 1.23 bits per heavy atom. The zero-order valence-corrected chi connectivity index (χ0v) is 19.4. The number of rotatable bonds is 6. The van der Waals surface area contributed by atoms with Gasteiger partial charge < -0.3 is 14.5 Å². The lowest BCUT2D eigenvalue weighted by atomic mass is 9.91. The fraction of sp³-hybridized carbons (Fsp3) is 0.500. The van der Waals surface area contributed by atoms with Crippen molar-refractivity contribution in [1.29, 1.82) is 0 Å². The zero-order chi connectivity index (χ0) is 22.6. The van der Waals surface area contributed by atoms with Crippen molar-refractivity contribution in [3.05, 3.63) is 41.1 Å². The number of halogens is 1. The number of Topliss-reactive ketones (excluding diaryl/α,β-unsaturated/α-hetero) is 1. The van der Waals surface area contributed by atoms with Gasteiger partial charge in [-0.15, -0.1) is 0 Å². The minimum atomic E-state index is -3.99. The van der Waals surface area contributed by atoms with E-state index >= 15 is 0 Å². The summed E-state index contributed by atoms with van der Waals surface area (Å²) in [6.45, 7) is 1.55. The molecule has 10 heteroatoms. The predicted molar refractivity (Wildman–Crippen MR) is 115 cm³/mol. The fourth-order valence-electron chi connectivity index (χ4n) is 3.29. The van der Waals surface area contributed by atoms with Crippen molar-refractivity contribution in [2.24, 2.45) is 0 Å². The number of amides is 1. The molecule has 0 N–H and O–H groups in total. The van der Waals surface area contributed by atoms with E-state index in [1.807, 2.05) is 6.92 Å². The number of hydrogen-bond donors (Lipinski definition) is 0. The largest absolute Gasteiger partial charge is 0.447 e. The lowest BCUT2D eigenvalue weighted by molar-refractivity contribution is -0.119. The molecule has 1 aromatic carbocycles. The Bertz CT molecular complexity index is 913. The van der Waals surface area contributed by atoms with Crippen LogP contribution in [0.2, 0.25) is 5.02 Å². The van der Waals surface area contributed by atoms with E-state index in [2.05, 4.69) is 0 Å². The number of piperidine rings is 1. The molecule has 2 atom stereocenters. The molecule has 1 heterocycles. The summed E-state index contributed by atoms with van der Waals surface area (Å²) in [5.74, 6) is -0.163. The average molecular weight is 458 g/mol. The summed E-state index contributed by atoms with van der Waals surface area (Å²) in [4.78, 5) is 27.9. The summed E-state index contributed by atoms with van der Waals surface area (Å²) in [6.07, 6.45) is 1.47. The molecule has 1 aliphatic rings. The molecule has 2 rings (SSSR count). The standard InChI is InChI=1S/C20H28ClN3O5S/c1-6-15-11-19(25)17(12-22(2)3)18(13-29-20(26)23(4)5)24(15)30(27,28)16-9-7-14(21)8-10-16/h7-10,12,15,18H,6,11,13H2,1-5H3/b17-12+. The molecule has 1 fully saturated rings. The highest BCUT2D eigenvalue weighted by atomic mass is 35.5. The predicted octanol–water partition coefficient (Wildman–Crippen LogP) is 2.59. The first-order valence-electron chi connectivity index (χ1n) is 9.53. The van der Waals surface area contributed by atoms with Crippen molar-refractivity contribution in [2.75, 3.05) is 34.8 Å².